The van der Waals surface area contributed by atoms with E-state index >= 15 is 0 Å². The quantitative estimate of drug-likeness (QED) is 0.945. The fourth-order valence-electron chi connectivity index (χ4n) is 2.89. The first-order valence-electron chi connectivity index (χ1n) is 7.68. The lowest BCUT2D eigenvalue weighted by molar-refractivity contribution is 0.207. The van der Waals surface area contributed by atoms with E-state index in [0.29, 0.717) is 11.6 Å². The number of nitrogens with zero attached hydrogens (tertiary/aromatic N) is 3. The number of rotatable bonds is 3. The molecule has 1 atom stereocenters. The van der Waals surface area contributed by atoms with Crippen LogP contribution < -0.4 is 10.1 Å². The van der Waals surface area contributed by atoms with Crippen LogP contribution in [0.1, 0.15) is 30.3 Å². The van der Waals surface area contributed by atoms with Gasteiger partial charge in [-0.15, -0.1) is 0 Å². The molecule has 1 aliphatic rings. The minimum atomic E-state index is -0.124. The lowest BCUT2D eigenvalue weighted by Gasteiger charge is -2.25. The summed E-state index contributed by atoms with van der Waals surface area (Å²) in [6, 6.07) is 9.55. The van der Waals surface area contributed by atoms with Crippen molar-refractivity contribution in [3.05, 3.63) is 47.9 Å². The summed E-state index contributed by atoms with van der Waals surface area (Å²) >= 11 is 0. The van der Waals surface area contributed by atoms with Gasteiger partial charge in [-0.1, -0.05) is 12.1 Å². The molecule has 0 saturated carbocycles. The van der Waals surface area contributed by atoms with Crippen LogP contribution in [0.15, 0.2) is 36.5 Å². The second-order valence-corrected chi connectivity index (χ2v) is 5.54. The maximum absolute atomic E-state index is 12.6. The van der Waals surface area contributed by atoms with Crippen molar-refractivity contribution < 1.29 is 9.53 Å². The highest BCUT2D eigenvalue weighted by molar-refractivity contribution is 5.88. The molecular weight excluding hydrogens is 292 g/mol. The zero-order valence-corrected chi connectivity index (χ0v) is 13.3. The molecular formula is C17H20N4O2. The smallest absolute Gasteiger partial charge is 0.323 e. The summed E-state index contributed by atoms with van der Waals surface area (Å²) in [6.45, 7) is 2.54. The van der Waals surface area contributed by atoms with Gasteiger partial charge in [0.15, 0.2) is 0 Å². The number of benzene rings is 1. The summed E-state index contributed by atoms with van der Waals surface area (Å²) in [5, 5.41) is 2.86. The van der Waals surface area contributed by atoms with E-state index in [2.05, 4.69) is 15.3 Å². The number of ether oxygens (including phenoxy) is 1. The molecule has 0 aliphatic carbocycles. The predicted octanol–water partition coefficient (Wildman–Crippen LogP) is 3.16. The summed E-state index contributed by atoms with van der Waals surface area (Å²) in [5.74, 6) is 1.98. The third-order valence-electron chi connectivity index (χ3n) is 4.03. The van der Waals surface area contributed by atoms with Gasteiger partial charge in [0.1, 0.15) is 17.4 Å². The van der Waals surface area contributed by atoms with E-state index in [9.17, 15) is 4.79 Å². The standard InChI is InChI=1S/C17H20N4O2/c1-12-18-10-9-16(19-12)20-17(22)21-11-3-4-15(21)13-5-7-14(23-2)8-6-13/h5-10,15H,3-4,11H2,1-2H3,(H,18,19,20,22). The predicted molar refractivity (Wildman–Crippen MR) is 87.5 cm³/mol. The average Bonchev–Trinajstić information content (AvgIpc) is 3.05. The van der Waals surface area contributed by atoms with Gasteiger partial charge in [-0.05, 0) is 43.5 Å². The van der Waals surface area contributed by atoms with Crippen molar-refractivity contribution in [2.24, 2.45) is 0 Å². The van der Waals surface area contributed by atoms with Gasteiger partial charge >= 0.3 is 6.03 Å². The minimum Gasteiger partial charge on any atom is -0.497 e. The number of aromatic nitrogens is 2. The second-order valence-electron chi connectivity index (χ2n) is 5.54. The monoisotopic (exact) mass is 312 g/mol. The number of nitrogens with one attached hydrogen (secondary N) is 1. The van der Waals surface area contributed by atoms with Crippen LogP contribution in [0.3, 0.4) is 0 Å². The van der Waals surface area contributed by atoms with E-state index in [-0.39, 0.29) is 12.1 Å². The van der Waals surface area contributed by atoms with Crippen molar-refractivity contribution >= 4 is 11.8 Å². The molecule has 6 nitrogen and oxygen atoms in total. The molecule has 1 aromatic carbocycles. The number of urea groups is 1. The van der Waals surface area contributed by atoms with E-state index in [0.717, 1.165) is 30.7 Å². The summed E-state index contributed by atoms with van der Waals surface area (Å²) in [5.41, 5.74) is 1.12. The molecule has 2 aromatic rings. The fraction of sp³-hybridized carbons (Fsp3) is 0.353. The van der Waals surface area contributed by atoms with Gasteiger partial charge in [-0.3, -0.25) is 5.32 Å². The van der Waals surface area contributed by atoms with Crippen molar-refractivity contribution in [3.8, 4) is 5.75 Å². The SMILES string of the molecule is COc1ccc(C2CCCN2C(=O)Nc2ccnc(C)n2)cc1. The van der Waals surface area contributed by atoms with Crippen LogP contribution in [-0.2, 0) is 0 Å². The van der Waals surface area contributed by atoms with Gasteiger partial charge in [0.2, 0.25) is 0 Å². The number of aryl methyl sites for hydroxylation is 1. The number of methoxy groups -OCH3 is 1. The van der Waals surface area contributed by atoms with Gasteiger partial charge in [0.05, 0.1) is 13.2 Å². The van der Waals surface area contributed by atoms with E-state index < -0.39 is 0 Å². The van der Waals surface area contributed by atoms with Gasteiger partial charge in [-0.2, -0.15) is 0 Å². The fourth-order valence-corrected chi connectivity index (χ4v) is 2.89. The molecule has 1 fully saturated rings. The van der Waals surface area contributed by atoms with Crippen molar-refractivity contribution in [2.75, 3.05) is 19.0 Å². The third-order valence-corrected chi connectivity index (χ3v) is 4.03. The van der Waals surface area contributed by atoms with Crippen LogP contribution in [0.2, 0.25) is 0 Å². The Labute approximate surface area is 135 Å². The number of likely N-dealkylation sites (tertiary alicyclic amines) is 1. The van der Waals surface area contributed by atoms with Crippen molar-refractivity contribution in [1.29, 1.82) is 0 Å². The molecule has 23 heavy (non-hydrogen) atoms. The van der Waals surface area contributed by atoms with Crippen LogP contribution in [0.25, 0.3) is 0 Å². The Kier molecular flexibility index (Phi) is 4.41. The highest BCUT2D eigenvalue weighted by Crippen LogP contribution is 2.33. The molecule has 2 amide bonds. The molecule has 0 spiro atoms. The average molecular weight is 312 g/mol. The maximum Gasteiger partial charge on any atom is 0.323 e. The van der Waals surface area contributed by atoms with Gasteiger partial charge in [-0.25, -0.2) is 14.8 Å². The lowest BCUT2D eigenvalue weighted by atomic mass is 10.0. The van der Waals surface area contributed by atoms with Crippen molar-refractivity contribution in [1.82, 2.24) is 14.9 Å². The molecule has 0 bridgehead atoms. The van der Waals surface area contributed by atoms with Crippen molar-refractivity contribution in [3.63, 3.8) is 0 Å². The van der Waals surface area contributed by atoms with E-state index in [1.54, 1.807) is 26.3 Å². The molecule has 1 aliphatic heterocycles. The normalized spacial score (nSPS) is 17.1. The minimum absolute atomic E-state index is 0.0869. The summed E-state index contributed by atoms with van der Waals surface area (Å²) in [7, 11) is 1.65. The van der Waals surface area contributed by atoms with Crippen LogP contribution >= 0.6 is 0 Å². The van der Waals surface area contributed by atoms with Crippen LogP contribution in [-0.4, -0.2) is 34.6 Å². The van der Waals surface area contributed by atoms with Crippen LogP contribution in [0.5, 0.6) is 5.75 Å². The number of hydrogen-bond acceptors (Lipinski definition) is 4. The lowest BCUT2D eigenvalue weighted by Crippen LogP contribution is -2.34. The molecule has 1 saturated heterocycles. The number of carbonyl (C=O) groups excluding carboxylic acids is 1. The van der Waals surface area contributed by atoms with E-state index in [4.69, 9.17) is 4.74 Å². The van der Waals surface area contributed by atoms with Crippen LogP contribution in [0.4, 0.5) is 10.6 Å². The first-order valence-corrected chi connectivity index (χ1v) is 7.68. The van der Waals surface area contributed by atoms with E-state index in [1.807, 2.05) is 29.2 Å². The molecule has 2 heterocycles. The van der Waals surface area contributed by atoms with Gasteiger partial charge in [0, 0.05) is 12.7 Å². The number of carbonyl (C=O) groups is 1. The molecule has 0 radical (unpaired) electrons. The number of anilines is 1. The van der Waals surface area contributed by atoms with E-state index in [1.165, 1.54) is 0 Å². The number of hydrogen-bond donors (Lipinski definition) is 1. The van der Waals surface area contributed by atoms with Crippen LogP contribution in [0, 0.1) is 6.92 Å². The molecule has 120 valence electrons. The zero-order chi connectivity index (χ0) is 16.2. The third kappa shape index (κ3) is 3.41. The Morgan fingerprint density at radius 1 is 1.30 bits per heavy atom. The molecule has 1 N–H and O–H groups in total. The Hall–Kier alpha value is -2.63. The topological polar surface area (TPSA) is 67.3 Å². The maximum atomic E-state index is 12.6. The summed E-state index contributed by atoms with van der Waals surface area (Å²) in [4.78, 5) is 22.7. The Balaban J connectivity index is 1.73. The highest BCUT2D eigenvalue weighted by Gasteiger charge is 2.30. The van der Waals surface area contributed by atoms with Gasteiger partial charge < -0.3 is 9.64 Å². The molecule has 6 heteroatoms. The summed E-state index contributed by atoms with van der Waals surface area (Å²) in [6.07, 6.45) is 3.60. The second kappa shape index (κ2) is 6.64. The first kappa shape index (κ1) is 15.3. The molecule has 1 aromatic heterocycles. The zero-order valence-electron chi connectivity index (χ0n) is 13.3. The number of amides is 2. The van der Waals surface area contributed by atoms with Gasteiger partial charge in [0.25, 0.3) is 0 Å². The Morgan fingerprint density at radius 3 is 2.78 bits per heavy atom. The Morgan fingerprint density at radius 2 is 2.09 bits per heavy atom. The molecule has 1 unspecified atom stereocenters. The highest BCUT2D eigenvalue weighted by atomic mass is 16.5. The summed E-state index contributed by atoms with van der Waals surface area (Å²) < 4.78 is 5.19. The first-order chi connectivity index (χ1) is 11.2. The Bertz CT molecular complexity index is 687. The van der Waals surface area contributed by atoms with Crippen molar-refractivity contribution in [2.45, 2.75) is 25.8 Å². The largest absolute Gasteiger partial charge is 0.497 e. The molecule has 3 rings (SSSR count).